The number of hydrogen-bond acceptors (Lipinski definition) is 4. The third kappa shape index (κ3) is 7.11. The van der Waals surface area contributed by atoms with Crippen LogP contribution in [0.25, 0.3) is 0 Å². The highest BCUT2D eigenvalue weighted by Crippen LogP contribution is 2.06. The summed E-state index contributed by atoms with van der Waals surface area (Å²) in [6.45, 7) is 4.44. The summed E-state index contributed by atoms with van der Waals surface area (Å²) < 4.78 is 10.1. The van der Waals surface area contributed by atoms with E-state index in [1.54, 1.807) is 6.92 Å². The molecule has 1 aromatic rings. The molecule has 22 heavy (non-hydrogen) atoms. The van der Waals surface area contributed by atoms with Crippen LogP contribution in [-0.4, -0.2) is 31.3 Å². The van der Waals surface area contributed by atoms with E-state index in [1.807, 2.05) is 30.3 Å². The molecule has 0 unspecified atom stereocenters. The van der Waals surface area contributed by atoms with Gasteiger partial charge in [-0.25, -0.2) is 9.59 Å². The molecule has 0 aliphatic rings. The Labute approximate surface area is 132 Å². The maximum atomic E-state index is 12.2. The topological polar surface area (TPSA) is 64.6 Å². The van der Waals surface area contributed by atoms with E-state index in [9.17, 15) is 9.59 Å². The molecular weight excluding hydrogens is 282 g/mol. The third-order valence-corrected chi connectivity index (χ3v) is 3.13. The van der Waals surface area contributed by atoms with Gasteiger partial charge in [0.2, 0.25) is 0 Å². The van der Waals surface area contributed by atoms with E-state index in [0.29, 0.717) is 13.0 Å². The third-order valence-electron chi connectivity index (χ3n) is 3.13. The first-order chi connectivity index (χ1) is 10.7. The van der Waals surface area contributed by atoms with Crippen LogP contribution in [0, 0.1) is 0 Å². The van der Waals surface area contributed by atoms with Crippen molar-refractivity contribution in [3.05, 3.63) is 35.9 Å². The molecule has 122 valence electrons. The second kappa shape index (κ2) is 10.7. The number of rotatable bonds is 9. The lowest BCUT2D eigenvalue weighted by Crippen LogP contribution is -2.43. The van der Waals surface area contributed by atoms with Crippen LogP contribution in [-0.2, 0) is 20.7 Å². The molecule has 0 aliphatic carbocycles. The summed E-state index contributed by atoms with van der Waals surface area (Å²) in [5.41, 5.74) is 0.954. The number of unbranched alkanes of at least 4 members (excludes halogenated alkanes) is 2. The number of nitrogens with one attached hydrogen (secondary N) is 1. The average molecular weight is 307 g/mol. The molecular formula is C17H25NO4. The molecule has 0 saturated heterocycles. The summed E-state index contributed by atoms with van der Waals surface area (Å²) in [4.78, 5) is 23.7. The molecule has 5 nitrogen and oxygen atoms in total. The minimum absolute atomic E-state index is 0.259. The minimum atomic E-state index is -0.733. The molecule has 1 amide bonds. The van der Waals surface area contributed by atoms with Gasteiger partial charge in [-0.15, -0.1) is 0 Å². The Bertz CT molecular complexity index is 447. The van der Waals surface area contributed by atoms with Gasteiger partial charge in [-0.2, -0.15) is 0 Å². The zero-order valence-corrected chi connectivity index (χ0v) is 13.3. The van der Waals surface area contributed by atoms with Gasteiger partial charge < -0.3 is 14.8 Å². The summed E-state index contributed by atoms with van der Waals surface area (Å²) in [5.74, 6) is -0.423. The van der Waals surface area contributed by atoms with Crippen LogP contribution in [0.2, 0.25) is 0 Å². The first-order valence-electron chi connectivity index (χ1n) is 7.81. The van der Waals surface area contributed by atoms with Crippen molar-refractivity contribution in [3.8, 4) is 0 Å². The fourth-order valence-corrected chi connectivity index (χ4v) is 1.98. The Morgan fingerprint density at radius 1 is 1.09 bits per heavy atom. The van der Waals surface area contributed by atoms with E-state index in [-0.39, 0.29) is 6.61 Å². The largest absolute Gasteiger partial charge is 0.464 e. The fraction of sp³-hybridized carbons (Fsp3) is 0.529. The van der Waals surface area contributed by atoms with Crippen molar-refractivity contribution in [2.75, 3.05) is 13.2 Å². The first kappa shape index (κ1) is 18.0. The van der Waals surface area contributed by atoms with E-state index in [0.717, 1.165) is 24.8 Å². The molecule has 5 heteroatoms. The zero-order chi connectivity index (χ0) is 16.2. The smallest absolute Gasteiger partial charge is 0.407 e. The van der Waals surface area contributed by atoms with E-state index in [4.69, 9.17) is 9.47 Å². The molecule has 1 N–H and O–H groups in total. The van der Waals surface area contributed by atoms with Gasteiger partial charge in [0, 0.05) is 6.42 Å². The number of alkyl carbamates (subject to hydrolysis) is 1. The van der Waals surface area contributed by atoms with Gasteiger partial charge >= 0.3 is 12.1 Å². The lowest BCUT2D eigenvalue weighted by molar-refractivity contribution is -0.146. The van der Waals surface area contributed by atoms with Gasteiger partial charge in [0.1, 0.15) is 6.04 Å². The Kier molecular flexibility index (Phi) is 8.72. The number of ether oxygens (including phenoxy) is 2. The van der Waals surface area contributed by atoms with Crippen LogP contribution in [0.1, 0.15) is 38.7 Å². The molecule has 0 saturated carbocycles. The number of benzene rings is 1. The van der Waals surface area contributed by atoms with Crippen molar-refractivity contribution in [2.24, 2.45) is 0 Å². The van der Waals surface area contributed by atoms with Crippen molar-refractivity contribution >= 4 is 12.1 Å². The molecule has 0 aliphatic heterocycles. The molecule has 0 fully saturated rings. The quantitative estimate of drug-likeness (QED) is 0.562. The number of esters is 1. The maximum Gasteiger partial charge on any atom is 0.407 e. The Morgan fingerprint density at radius 3 is 2.45 bits per heavy atom. The van der Waals surface area contributed by atoms with Gasteiger partial charge in [-0.3, -0.25) is 0 Å². The molecule has 1 rings (SSSR count). The highest BCUT2D eigenvalue weighted by molar-refractivity contribution is 5.81. The summed E-state index contributed by atoms with van der Waals surface area (Å²) in [7, 11) is 0. The molecule has 0 bridgehead atoms. The minimum Gasteiger partial charge on any atom is -0.464 e. The molecule has 1 atom stereocenters. The van der Waals surface area contributed by atoms with E-state index in [2.05, 4.69) is 12.2 Å². The van der Waals surface area contributed by atoms with E-state index in [1.165, 1.54) is 0 Å². The second-order valence-corrected chi connectivity index (χ2v) is 4.98. The van der Waals surface area contributed by atoms with E-state index >= 15 is 0 Å². The normalized spacial score (nSPS) is 11.5. The standard InChI is InChI=1S/C17H25NO4/c1-3-5-9-12-22-16(19)15(18-17(20)21-4-2)13-14-10-7-6-8-11-14/h6-8,10-11,15H,3-5,9,12-13H2,1-2H3,(H,18,20)/t15-/m0/s1. The summed E-state index contributed by atoms with van der Waals surface area (Å²) in [5, 5.41) is 2.57. The first-order valence-corrected chi connectivity index (χ1v) is 7.81. The zero-order valence-electron chi connectivity index (χ0n) is 13.3. The van der Waals surface area contributed by atoms with E-state index < -0.39 is 18.1 Å². The van der Waals surface area contributed by atoms with Crippen molar-refractivity contribution < 1.29 is 19.1 Å². The highest BCUT2D eigenvalue weighted by atomic mass is 16.6. The average Bonchev–Trinajstić information content (AvgIpc) is 2.52. The van der Waals surface area contributed by atoms with Crippen molar-refractivity contribution in [2.45, 2.75) is 45.6 Å². The van der Waals surface area contributed by atoms with Crippen LogP contribution in [0.4, 0.5) is 4.79 Å². The van der Waals surface area contributed by atoms with Crippen LogP contribution in [0.5, 0.6) is 0 Å². The van der Waals surface area contributed by atoms with Crippen molar-refractivity contribution in [3.63, 3.8) is 0 Å². The molecule has 0 aromatic heterocycles. The predicted molar refractivity (Wildman–Crippen MR) is 84.6 cm³/mol. The molecule has 0 spiro atoms. The van der Waals surface area contributed by atoms with Crippen molar-refractivity contribution in [1.29, 1.82) is 0 Å². The maximum absolute atomic E-state index is 12.2. The van der Waals surface area contributed by atoms with Gasteiger partial charge in [-0.05, 0) is 18.9 Å². The number of hydrogen-bond donors (Lipinski definition) is 1. The Hall–Kier alpha value is -2.04. The predicted octanol–water partition coefficient (Wildman–Crippen LogP) is 3.08. The Balaban J connectivity index is 2.60. The van der Waals surface area contributed by atoms with Crippen LogP contribution < -0.4 is 5.32 Å². The second-order valence-electron chi connectivity index (χ2n) is 4.98. The van der Waals surface area contributed by atoms with Gasteiger partial charge in [0.05, 0.1) is 13.2 Å². The molecule has 0 radical (unpaired) electrons. The number of amides is 1. The molecule has 1 aromatic carbocycles. The van der Waals surface area contributed by atoms with Crippen molar-refractivity contribution in [1.82, 2.24) is 5.32 Å². The lowest BCUT2D eigenvalue weighted by atomic mass is 10.1. The SMILES string of the molecule is CCCCCOC(=O)[C@H](Cc1ccccc1)NC(=O)OCC. The van der Waals surface area contributed by atoms with Crippen LogP contribution in [0.15, 0.2) is 30.3 Å². The summed E-state index contributed by atoms with van der Waals surface area (Å²) in [6.07, 6.45) is 2.69. The summed E-state index contributed by atoms with van der Waals surface area (Å²) >= 11 is 0. The lowest BCUT2D eigenvalue weighted by Gasteiger charge is -2.17. The van der Waals surface area contributed by atoms with Gasteiger partial charge in [0.25, 0.3) is 0 Å². The monoisotopic (exact) mass is 307 g/mol. The van der Waals surface area contributed by atoms with Gasteiger partial charge in [0.15, 0.2) is 0 Å². The highest BCUT2D eigenvalue weighted by Gasteiger charge is 2.23. The van der Waals surface area contributed by atoms with Gasteiger partial charge in [-0.1, -0.05) is 50.1 Å². The van der Waals surface area contributed by atoms with Crippen LogP contribution in [0.3, 0.4) is 0 Å². The Morgan fingerprint density at radius 2 is 1.82 bits per heavy atom. The molecule has 0 heterocycles. The van der Waals surface area contributed by atoms with Crippen LogP contribution >= 0.6 is 0 Å². The number of carbonyl (C=O) groups excluding carboxylic acids is 2. The number of carbonyl (C=O) groups is 2. The fourth-order valence-electron chi connectivity index (χ4n) is 1.98. The summed E-state index contributed by atoms with van der Waals surface area (Å²) in [6, 6.07) is 8.77.